The third-order valence-corrected chi connectivity index (χ3v) is 3.61. The molecule has 2 rings (SSSR count). The standard InChI is InChI=1S/C16H24N4O3/c1-12-10-20(15(22)23-16(2,3)4)8-7-19(12)11-14(21)13-9-17-5-6-18-13/h5-6,9,12H,7-8,10-11H2,1-4H3/t12-/m0/s1. The molecule has 0 spiro atoms. The number of carbonyl (C=O) groups excluding carboxylic acids is 2. The van der Waals surface area contributed by atoms with Gasteiger partial charge in [-0.1, -0.05) is 0 Å². The molecule has 0 N–H and O–H groups in total. The fraction of sp³-hybridized carbons (Fsp3) is 0.625. The molecule has 1 aliphatic rings. The quantitative estimate of drug-likeness (QED) is 0.788. The van der Waals surface area contributed by atoms with Gasteiger partial charge in [-0.3, -0.25) is 14.7 Å². The van der Waals surface area contributed by atoms with Crippen LogP contribution in [0.4, 0.5) is 4.79 Å². The minimum atomic E-state index is -0.501. The highest BCUT2D eigenvalue weighted by Crippen LogP contribution is 2.15. The van der Waals surface area contributed by atoms with Crippen LogP contribution in [-0.2, 0) is 4.74 Å². The number of hydrogen-bond acceptors (Lipinski definition) is 6. The predicted molar refractivity (Wildman–Crippen MR) is 85.2 cm³/mol. The fourth-order valence-corrected chi connectivity index (χ4v) is 2.43. The van der Waals surface area contributed by atoms with Gasteiger partial charge in [0, 0.05) is 38.1 Å². The van der Waals surface area contributed by atoms with Crippen LogP contribution in [0, 0.1) is 0 Å². The largest absolute Gasteiger partial charge is 0.444 e. The smallest absolute Gasteiger partial charge is 0.410 e. The second-order valence-corrected chi connectivity index (χ2v) is 6.76. The van der Waals surface area contributed by atoms with Crippen LogP contribution < -0.4 is 0 Å². The molecule has 0 saturated carbocycles. The van der Waals surface area contributed by atoms with Crippen LogP contribution in [0.3, 0.4) is 0 Å². The first-order valence-electron chi connectivity index (χ1n) is 7.77. The lowest BCUT2D eigenvalue weighted by Crippen LogP contribution is -2.55. The first-order chi connectivity index (χ1) is 10.8. The van der Waals surface area contributed by atoms with E-state index in [9.17, 15) is 9.59 Å². The zero-order valence-corrected chi connectivity index (χ0v) is 14.2. The number of rotatable bonds is 3. The third kappa shape index (κ3) is 4.99. The van der Waals surface area contributed by atoms with Crippen LogP contribution in [0.25, 0.3) is 0 Å². The minimum absolute atomic E-state index is 0.0596. The zero-order chi connectivity index (χ0) is 17.0. The number of piperazine rings is 1. The zero-order valence-electron chi connectivity index (χ0n) is 14.2. The van der Waals surface area contributed by atoms with Crippen molar-refractivity contribution in [1.82, 2.24) is 19.8 Å². The van der Waals surface area contributed by atoms with Gasteiger partial charge in [0.15, 0.2) is 5.78 Å². The van der Waals surface area contributed by atoms with E-state index in [1.54, 1.807) is 11.1 Å². The van der Waals surface area contributed by atoms with Gasteiger partial charge in [0.2, 0.25) is 0 Å². The van der Waals surface area contributed by atoms with Crippen molar-refractivity contribution in [3.63, 3.8) is 0 Å². The summed E-state index contributed by atoms with van der Waals surface area (Å²) in [4.78, 5) is 36.0. The molecule has 126 valence electrons. The molecule has 0 aromatic carbocycles. The van der Waals surface area contributed by atoms with Gasteiger partial charge in [0.05, 0.1) is 12.7 Å². The van der Waals surface area contributed by atoms with Crippen molar-refractivity contribution < 1.29 is 14.3 Å². The Bertz CT molecular complexity index is 556. The van der Waals surface area contributed by atoms with Crippen molar-refractivity contribution >= 4 is 11.9 Å². The SMILES string of the molecule is C[C@H]1CN(C(=O)OC(C)(C)C)CCN1CC(=O)c1cnccn1. The number of ketones is 1. The lowest BCUT2D eigenvalue weighted by atomic mass is 10.1. The maximum absolute atomic E-state index is 12.2. The van der Waals surface area contributed by atoms with Crippen molar-refractivity contribution in [2.75, 3.05) is 26.2 Å². The second-order valence-electron chi connectivity index (χ2n) is 6.76. The van der Waals surface area contributed by atoms with Crippen LogP contribution in [-0.4, -0.2) is 69.5 Å². The number of ether oxygens (including phenoxy) is 1. The second kappa shape index (κ2) is 7.04. The Hall–Kier alpha value is -2.02. The molecule has 1 atom stereocenters. The van der Waals surface area contributed by atoms with Gasteiger partial charge in [-0.2, -0.15) is 0 Å². The monoisotopic (exact) mass is 320 g/mol. The van der Waals surface area contributed by atoms with Gasteiger partial charge in [0.25, 0.3) is 0 Å². The molecule has 1 aromatic heterocycles. The molecule has 1 aromatic rings. The van der Waals surface area contributed by atoms with Crippen LogP contribution in [0.5, 0.6) is 0 Å². The molecule has 0 radical (unpaired) electrons. The average molecular weight is 320 g/mol. The average Bonchev–Trinajstić information content (AvgIpc) is 2.48. The van der Waals surface area contributed by atoms with Gasteiger partial charge < -0.3 is 9.64 Å². The summed E-state index contributed by atoms with van der Waals surface area (Å²) in [5, 5.41) is 0. The van der Waals surface area contributed by atoms with Crippen LogP contribution in [0.15, 0.2) is 18.6 Å². The highest BCUT2D eigenvalue weighted by atomic mass is 16.6. The summed E-state index contributed by atoms with van der Waals surface area (Å²) in [5.41, 5.74) is -0.131. The lowest BCUT2D eigenvalue weighted by Gasteiger charge is -2.39. The van der Waals surface area contributed by atoms with Crippen molar-refractivity contribution in [2.45, 2.75) is 39.3 Å². The maximum Gasteiger partial charge on any atom is 0.410 e. The molecule has 7 heteroatoms. The Balaban J connectivity index is 1.89. The Morgan fingerprint density at radius 1 is 1.30 bits per heavy atom. The number of nitrogens with zero attached hydrogens (tertiary/aromatic N) is 4. The molecule has 1 saturated heterocycles. The number of amides is 1. The molecule has 1 aliphatic heterocycles. The van der Waals surface area contributed by atoms with Crippen molar-refractivity contribution in [2.24, 2.45) is 0 Å². The Morgan fingerprint density at radius 3 is 2.61 bits per heavy atom. The molecule has 0 aliphatic carbocycles. The number of Topliss-reactive ketones (excluding diaryl/α,β-unsaturated/α-hetero) is 1. The fourth-order valence-electron chi connectivity index (χ4n) is 2.43. The predicted octanol–water partition coefficient (Wildman–Crippen LogP) is 1.60. The molecule has 1 amide bonds. The topological polar surface area (TPSA) is 75.6 Å². The molecule has 7 nitrogen and oxygen atoms in total. The summed E-state index contributed by atoms with van der Waals surface area (Å²) in [7, 11) is 0. The van der Waals surface area contributed by atoms with Crippen LogP contribution >= 0.6 is 0 Å². The van der Waals surface area contributed by atoms with E-state index in [0.717, 1.165) is 0 Å². The number of carbonyl (C=O) groups is 2. The van der Waals surface area contributed by atoms with Crippen molar-refractivity contribution in [1.29, 1.82) is 0 Å². The van der Waals surface area contributed by atoms with E-state index in [0.29, 0.717) is 25.3 Å². The summed E-state index contributed by atoms with van der Waals surface area (Å²) in [6, 6.07) is 0.0805. The normalized spacial score (nSPS) is 19.5. The van der Waals surface area contributed by atoms with Crippen LogP contribution in [0.1, 0.15) is 38.2 Å². The highest BCUT2D eigenvalue weighted by molar-refractivity contribution is 5.95. The molecular formula is C16H24N4O3. The van der Waals surface area contributed by atoms with Gasteiger partial charge in [-0.05, 0) is 27.7 Å². The van der Waals surface area contributed by atoms with E-state index in [1.807, 2.05) is 27.7 Å². The molecule has 1 fully saturated rings. The Morgan fingerprint density at radius 2 is 2.04 bits per heavy atom. The molecule has 2 heterocycles. The van der Waals surface area contributed by atoms with E-state index < -0.39 is 5.60 Å². The summed E-state index contributed by atoms with van der Waals surface area (Å²) in [6.45, 7) is 9.56. The number of hydrogen-bond donors (Lipinski definition) is 0. The summed E-state index contributed by atoms with van der Waals surface area (Å²) in [6.07, 6.45) is 4.23. The molecule has 0 bridgehead atoms. The highest BCUT2D eigenvalue weighted by Gasteiger charge is 2.30. The maximum atomic E-state index is 12.2. The van der Waals surface area contributed by atoms with Gasteiger partial charge in [-0.15, -0.1) is 0 Å². The minimum Gasteiger partial charge on any atom is -0.444 e. The summed E-state index contributed by atoms with van der Waals surface area (Å²) in [5.74, 6) is -0.0596. The lowest BCUT2D eigenvalue weighted by molar-refractivity contribution is 0.00656. The molecule has 23 heavy (non-hydrogen) atoms. The van der Waals surface area contributed by atoms with Crippen molar-refractivity contribution in [3.8, 4) is 0 Å². The van der Waals surface area contributed by atoms with Crippen LogP contribution in [0.2, 0.25) is 0 Å². The summed E-state index contributed by atoms with van der Waals surface area (Å²) >= 11 is 0. The molecule has 0 unspecified atom stereocenters. The number of aromatic nitrogens is 2. The van der Waals surface area contributed by atoms with E-state index >= 15 is 0 Å². The van der Waals surface area contributed by atoms with E-state index in [1.165, 1.54) is 12.4 Å². The first-order valence-corrected chi connectivity index (χ1v) is 7.77. The Kier molecular flexibility index (Phi) is 5.30. The van der Waals surface area contributed by atoms with Gasteiger partial charge >= 0.3 is 6.09 Å². The first kappa shape index (κ1) is 17.3. The van der Waals surface area contributed by atoms with E-state index in [-0.39, 0.29) is 24.5 Å². The Labute approximate surface area is 136 Å². The summed E-state index contributed by atoms with van der Waals surface area (Å²) < 4.78 is 5.39. The van der Waals surface area contributed by atoms with Gasteiger partial charge in [0.1, 0.15) is 11.3 Å². The van der Waals surface area contributed by atoms with Crippen molar-refractivity contribution in [3.05, 3.63) is 24.3 Å². The third-order valence-electron chi connectivity index (χ3n) is 3.61. The van der Waals surface area contributed by atoms with E-state index in [4.69, 9.17) is 4.74 Å². The van der Waals surface area contributed by atoms with Gasteiger partial charge in [-0.25, -0.2) is 9.78 Å². The van der Waals surface area contributed by atoms with E-state index in [2.05, 4.69) is 14.9 Å². The molecular weight excluding hydrogens is 296 g/mol.